The first-order valence-corrected chi connectivity index (χ1v) is 6.54. The lowest BCUT2D eigenvalue weighted by Crippen LogP contribution is -2.24. The molecule has 0 aliphatic heterocycles. The topological polar surface area (TPSA) is 40.5 Å². The van der Waals surface area contributed by atoms with E-state index >= 15 is 0 Å². The first kappa shape index (κ1) is 15.0. The van der Waals surface area contributed by atoms with Crippen LogP contribution in [0.2, 0.25) is 0 Å². The molecule has 21 heavy (non-hydrogen) atoms. The summed E-state index contributed by atoms with van der Waals surface area (Å²) in [4.78, 5) is 12.9. The highest BCUT2D eigenvalue weighted by molar-refractivity contribution is 5.89. The number of nitrogens with zero attached hydrogens (tertiary/aromatic N) is 1. The minimum Gasteiger partial charge on any atom is -0.478 e. The number of aromatic carboxylic acids is 1. The summed E-state index contributed by atoms with van der Waals surface area (Å²) in [5, 5.41) is 9.14. The maximum Gasteiger partial charge on any atom is 0.336 e. The second kappa shape index (κ2) is 6.35. The lowest BCUT2D eigenvalue weighted by molar-refractivity contribution is 0.0695. The zero-order chi connectivity index (χ0) is 15.4. The minimum absolute atomic E-state index is 0.107. The smallest absolute Gasteiger partial charge is 0.336 e. The van der Waals surface area contributed by atoms with Crippen LogP contribution in [0.25, 0.3) is 0 Å². The van der Waals surface area contributed by atoms with Gasteiger partial charge in [0, 0.05) is 13.1 Å². The zero-order valence-electron chi connectivity index (χ0n) is 11.5. The molecule has 0 heterocycles. The van der Waals surface area contributed by atoms with Crippen molar-refractivity contribution in [3.05, 3.63) is 65.2 Å². The molecular weight excluding hydrogens is 276 g/mol. The number of hydrogen-bond donors (Lipinski definition) is 1. The second-order valence-corrected chi connectivity index (χ2v) is 4.57. The first-order chi connectivity index (χ1) is 10.0. The fourth-order valence-corrected chi connectivity index (χ4v) is 2.17. The summed E-state index contributed by atoms with van der Waals surface area (Å²) in [7, 11) is 0. The number of benzene rings is 2. The Morgan fingerprint density at radius 2 is 1.90 bits per heavy atom. The summed E-state index contributed by atoms with van der Waals surface area (Å²) >= 11 is 0. The average Bonchev–Trinajstić information content (AvgIpc) is 2.46. The van der Waals surface area contributed by atoms with Gasteiger partial charge in [-0.2, -0.15) is 0 Å². The molecule has 0 aliphatic rings. The van der Waals surface area contributed by atoms with E-state index in [0.29, 0.717) is 17.8 Å². The van der Waals surface area contributed by atoms with Gasteiger partial charge in [-0.3, -0.25) is 0 Å². The van der Waals surface area contributed by atoms with Gasteiger partial charge < -0.3 is 10.0 Å². The largest absolute Gasteiger partial charge is 0.478 e. The van der Waals surface area contributed by atoms with Crippen LogP contribution < -0.4 is 4.90 Å². The predicted octanol–water partition coefficient (Wildman–Crippen LogP) is 3.69. The molecule has 0 bridgehead atoms. The van der Waals surface area contributed by atoms with E-state index < -0.39 is 11.8 Å². The van der Waals surface area contributed by atoms with E-state index in [0.717, 1.165) is 6.07 Å². The lowest BCUT2D eigenvalue weighted by Gasteiger charge is -2.24. The van der Waals surface area contributed by atoms with Gasteiger partial charge >= 0.3 is 5.97 Å². The highest BCUT2D eigenvalue weighted by atomic mass is 19.1. The van der Waals surface area contributed by atoms with Crippen molar-refractivity contribution in [2.24, 2.45) is 0 Å². The molecular formula is C16H15F2NO2. The molecule has 0 unspecified atom stereocenters. The quantitative estimate of drug-likeness (QED) is 0.913. The molecule has 110 valence electrons. The molecule has 0 fully saturated rings. The number of anilines is 1. The van der Waals surface area contributed by atoms with Crippen molar-refractivity contribution in [2.45, 2.75) is 13.5 Å². The molecule has 0 aliphatic carbocycles. The van der Waals surface area contributed by atoms with Crippen molar-refractivity contribution in [1.82, 2.24) is 0 Å². The SMILES string of the molecule is CCN(Cc1ccc(F)cc1C(=O)O)c1ccccc1F. The van der Waals surface area contributed by atoms with E-state index in [2.05, 4.69) is 0 Å². The Balaban J connectivity index is 2.36. The van der Waals surface area contributed by atoms with Crippen LogP contribution in [0.3, 0.4) is 0 Å². The van der Waals surface area contributed by atoms with E-state index in [4.69, 9.17) is 5.11 Å². The molecule has 3 nitrogen and oxygen atoms in total. The molecule has 0 saturated carbocycles. The third-order valence-electron chi connectivity index (χ3n) is 3.24. The maximum absolute atomic E-state index is 13.8. The minimum atomic E-state index is -1.20. The van der Waals surface area contributed by atoms with Crippen LogP contribution in [0, 0.1) is 11.6 Å². The predicted molar refractivity (Wildman–Crippen MR) is 76.5 cm³/mol. The molecule has 0 saturated heterocycles. The third kappa shape index (κ3) is 3.37. The van der Waals surface area contributed by atoms with Gasteiger partial charge in [0.05, 0.1) is 11.3 Å². The van der Waals surface area contributed by atoms with Crippen LogP contribution in [0.15, 0.2) is 42.5 Å². The van der Waals surface area contributed by atoms with Gasteiger partial charge in [-0.1, -0.05) is 18.2 Å². The Kier molecular flexibility index (Phi) is 4.52. The molecule has 2 aromatic rings. The first-order valence-electron chi connectivity index (χ1n) is 6.54. The van der Waals surface area contributed by atoms with Gasteiger partial charge in [-0.15, -0.1) is 0 Å². The van der Waals surface area contributed by atoms with Crippen molar-refractivity contribution >= 4 is 11.7 Å². The molecule has 5 heteroatoms. The van der Waals surface area contributed by atoms with Crippen molar-refractivity contribution in [2.75, 3.05) is 11.4 Å². The van der Waals surface area contributed by atoms with Crippen LogP contribution in [0.5, 0.6) is 0 Å². The van der Waals surface area contributed by atoms with Crippen molar-refractivity contribution in [3.63, 3.8) is 0 Å². The van der Waals surface area contributed by atoms with Gasteiger partial charge in [0.1, 0.15) is 11.6 Å². The summed E-state index contributed by atoms with van der Waals surface area (Å²) in [6.07, 6.45) is 0. The number of halogens is 2. The van der Waals surface area contributed by atoms with Crippen molar-refractivity contribution in [1.29, 1.82) is 0 Å². The standard InChI is InChI=1S/C16H15F2NO2/c1-2-19(15-6-4-3-5-14(15)18)10-11-7-8-12(17)9-13(11)16(20)21/h3-9H,2,10H2,1H3,(H,20,21). The van der Waals surface area contributed by atoms with Crippen molar-refractivity contribution < 1.29 is 18.7 Å². The van der Waals surface area contributed by atoms with Crippen LogP contribution in [-0.4, -0.2) is 17.6 Å². The molecule has 1 N–H and O–H groups in total. The Morgan fingerprint density at radius 1 is 1.19 bits per heavy atom. The van der Waals surface area contributed by atoms with Gasteiger partial charge in [0.15, 0.2) is 0 Å². The number of carboxylic acids is 1. The summed E-state index contributed by atoms with van der Waals surface area (Å²) < 4.78 is 27.0. The lowest BCUT2D eigenvalue weighted by atomic mass is 10.1. The van der Waals surface area contributed by atoms with Gasteiger partial charge in [0.2, 0.25) is 0 Å². The van der Waals surface area contributed by atoms with E-state index in [-0.39, 0.29) is 17.9 Å². The van der Waals surface area contributed by atoms with E-state index in [9.17, 15) is 13.6 Å². The van der Waals surface area contributed by atoms with Gasteiger partial charge in [0.25, 0.3) is 0 Å². The number of carboxylic acid groups (broad SMARTS) is 1. The molecule has 0 spiro atoms. The Labute approximate surface area is 121 Å². The van der Waals surface area contributed by atoms with E-state index in [1.807, 2.05) is 6.92 Å². The molecule has 0 radical (unpaired) electrons. The molecule has 0 atom stereocenters. The van der Waals surface area contributed by atoms with Crippen LogP contribution in [0.1, 0.15) is 22.8 Å². The highest BCUT2D eigenvalue weighted by Gasteiger charge is 2.16. The van der Waals surface area contributed by atoms with Gasteiger partial charge in [-0.25, -0.2) is 13.6 Å². The second-order valence-electron chi connectivity index (χ2n) is 4.57. The summed E-state index contributed by atoms with van der Waals surface area (Å²) in [6.45, 7) is 2.53. The number of carbonyl (C=O) groups is 1. The Morgan fingerprint density at radius 3 is 2.52 bits per heavy atom. The third-order valence-corrected chi connectivity index (χ3v) is 3.24. The number of para-hydroxylation sites is 1. The monoisotopic (exact) mass is 291 g/mol. The molecule has 2 rings (SSSR count). The summed E-state index contributed by atoms with van der Waals surface area (Å²) in [5.74, 6) is -2.18. The molecule has 2 aromatic carbocycles. The Hall–Kier alpha value is -2.43. The van der Waals surface area contributed by atoms with Gasteiger partial charge in [-0.05, 0) is 36.8 Å². The van der Waals surface area contributed by atoms with Crippen LogP contribution in [-0.2, 0) is 6.54 Å². The summed E-state index contributed by atoms with van der Waals surface area (Å²) in [6, 6.07) is 9.88. The van der Waals surface area contributed by atoms with Crippen molar-refractivity contribution in [3.8, 4) is 0 Å². The number of rotatable bonds is 5. The van der Waals surface area contributed by atoms with E-state index in [1.54, 1.807) is 23.1 Å². The van der Waals surface area contributed by atoms with Crippen LogP contribution in [0.4, 0.5) is 14.5 Å². The molecule has 0 aromatic heterocycles. The van der Waals surface area contributed by atoms with E-state index in [1.165, 1.54) is 18.2 Å². The molecule has 0 amide bonds. The maximum atomic E-state index is 13.8. The number of hydrogen-bond acceptors (Lipinski definition) is 2. The fourth-order valence-electron chi connectivity index (χ4n) is 2.17. The zero-order valence-corrected chi connectivity index (χ0v) is 11.5. The normalized spacial score (nSPS) is 10.4. The Bertz CT molecular complexity index is 658. The van der Waals surface area contributed by atoms with Crippen LogP contribution >= 0.6 is 0 Å². The fraction of sp³-hybridized carbons (Fsp3) is 0.188. The highest BCUT2D eigenvalue weighted by Crippen LogP contribution is 2.22. The summed E-state index contributed by atoms with van der Waals surface area (Å²) in [5.41, 5.74) is 0.722. The average molecular weight is 291 g/mol.